The third-order valence-corrected chi connectivity index (χ3v) is 4.22. The molecule has 1 aromatic carbocycles. The van der Waals surface area contributed by atoms with Gasteiger partial charge in [-0.05, 0) is 30.2 Å². The molecule has 0 aliphatic rings. The van der Waals surface area contributed by atoms with Crippen LogP contribution >= 0.6 is 34.5 Å². The number of hydrogen-bond donors (Lipinski definition) is 1. The van der Waals surface area contributed by atoms with Crippen molar-refractivity contribution in [2.24, 2.45) is 5.73 Å². The summed E-state index contributed by atoms with van der Waals surface area (Å²) in [6, 6.07) is 8.20. The summed E-state index contributed by atoms with van der Waals surface area (Å²) in [5.41, 5.74) is 6.74. The molecular formula is C12H10Cl2FNS. The van der Waals surface area contributed by atoms with Crippen LogP contribution in [-0.4, -0.2) is 0 Å². The molecule has 0 spiro atoms. The van der Waals surface area contributed by atoms with Crippen molar-refractivity contribution in [1.29, 1.82) is 0 Å². The Morgan fingerprint density at radius 3 is 2.65 bits per heavy atom. The van der Waals surface area contributed by atoms with Gasteiger partial charge in [0.2, 0.25) is 0 Å². The molecule has 1 heterocycles. The second-order valence-corrected chi connectivity index (χ2v) is 5.79. The molecule has 2 rings (SSSR count). The minimum Gasteiger partial charge on any atom is -0.323 e. The second-order valence-electron chi connectivity index (χ2n) is 3.67. The smallest absolute Gasteiger partial charge is 0.142 e. The summed E-state index contributed by atoms with van der Waals surface area (Å²) in [5, 5.41) is 0.144. The maximum absolute atomic E-state index is 13.2. The molecule has 0 saturated carbocycles. The van der Waals surface area contributed by atoms with Crippen LogP contribution in [0.3, 0.4) is 0 Å². The fourth-order valence-corrected chi connectivity index (χ4v) is 2.84. The van der Waals surface area contributed by atoms with E-state index in [-0.39, 0.29) is 11.1 Å². The van der Waals surface area contributed by atoms with Crippen molar-refractivity contribution in [3.8, 4) is 0 Å². The topological polar surface area (TPSA) is 26.0 Å². The molecule has 0 aliphatic carbocycles. The van der Waals surface area contributed by atoms with Crippen LogP contribution in [-0.2, 0) is 6.42 Å². The number of halogens is 3. The molecule has 0 radical (unpaired) electrons. The Bertz CT molecular complexity index is 527. The molecule has 2 aromatic rings. The molecule has 90 valence electrons. The highest BCUT2D eigenvalue weighted by atomic mass is 35.5. The van der Waals surface area contributed by atoms with Crippen LogP contribution in [0.2, 0.25) is 9.36 Å². The molecule has 17 heavy (non-hydrogen) atoms. The monoisotopic (exact) mass is 289 g/mol. The van der Waals surface area contributed by atoms with Crippen LogP contribution in [0.25, 0.3) is 0 Å². The Balaban J connectivity index is 2.18. The van der Waals surface area contributed by atoms with E-state index in [2.05, 4.69) is 0 Å². The van der Waals surface area contributed by atoms with Gasteiger partial charge >= 0.3 is 0 Å². The molecule has 0 amide bonds. The average molecular weight is 290 g/mol. The van der Waals surface area contributed by atoms with Crippen molar-refractivity contribution in [3.63, 3.8) is 0 Å². The van der Waals surface area contributed by atoms with E-state index in [1.807, 2.05) is 6.07 Å². The maximum Gasteiger partial charge on any atom is 0.142 e. The van der Waals surface area contributed by atoms with Crippen LogP contribution < -0.4 is 5.73 Å². The van der Waals surface area contributed by atoms with Gasteiger partial charge in [-0.3, -0.25) is 0 Å². The van der Waals surface area contributed by atoms with Gasteiger partial charge in [0.1, 0.15) is 5.82 Å². The van der Waals surface area contributed by atoms with Gasteiger partial charge in [0.05, 0.1) is 9.36 Å². The number of thiophene rings is 1. The van der Waals surface area contributed by atoms with E-state index in [1.54, 1.807) is 18.2 Å². The van der Waals surface area contributed by atoms with Gasteiger partial charge in [-0.2, -0.15) is 0 Å². The fraction of sp³-hybridized carbons (Fsp3) is 0.167. The van der Waals surface area contributed by atoms with Crippen LogP contribution in [0.5, 0.6) is 0 Å². The van der Waals surface area contributed by atoms with E-state index in [4.69, 9.17) is 28.9 Å². The van der Waals surface area contributed by atoms with E-state index < -0.39 is 5.82 Å². The minimum absolute atomic E-state index is 0.144. The summed E-state index contributed by atoms with van der Waals surface area (Å²) in [5.74, 6) is -0.416. The highest BCUT2D eigenvalue weighted by Crippen LogP contribution is 2.29. The molecule has 1 aromatic heterocycles. The molecule has 1 atom stereocenters. The first-order chi connectivity index (χ1) is 8.08. The summed E-state index contributed by atoms with van der Waals surface area (Å²) in [4.78, 5) is 0.968. The highest BCUT2D eigenvalue weighted by Gasteiger charge is 2.13. The Hall–Kier alpha value is -0.610. The zero-order valence-electron chi connectivity index (χ0n) is 8.79. The zero-order chi connectivity index (χ0) is 12.4. The quantitative estimate of drug-likeness (QED) is 0.888. The molecule has 2 N–H and O–H groups in total. The summed E-state index contributed by atoms with van der Waals surface area (Å²) >= 11 is 13.1. The van der Waals surface area contributed by atoms with E-state index >= 15 is 0 Å². The van der Waals surface area contributed by atoms with Crippen molar-refractivity contribution in [2.45, 2.75) is 12.5 Å². The largest absolute Gasteiger partial charge is 0.323 e. The fourth-order valence-electron chi connectivity index (χ4n) is 1.57. The lowest BCUT2D eigenvalue weighted by atomic mass is 10.1. The van der Waals surface area contributed by atoms with Gasteiger partial charge in [0, 0.05) is 10.9 Å². The lowest BCUT2D eigenvalue weighted by Crippen LogP contribution is -2.12. The predicted octanol–water partition coefficient (Wildman–Crippen LogP) is 4.44. The van der Waals surface area contributed by atoms with Crippen molar-refractivity contribution < 1.29 is 4.39 Å². The van der Waals surface area contributed by atoms with E-state index in [1.165, 1.54) is 17.4 Å². The summed E-state index contributed by atoms with van der Waals surface area (Å²) in [6.07, 6.45) is 0.493. The first-order valence-corrected chi connectivity index (χ1v) is 6.59. The average Bonchev–Trinajstić information content (AvgIpc) is 2.72. The van der Waals surface area contributed by atoms with Crippen molar-refractivity contribution in [3.05, 3.63) is 55.9 Å². The Labute approximate surface area is 113 Å². The lowest BCUT2D eigenvalue weighted by Gasteiger charge is -2.11. The molecule has 0 fully saturated rings. The SMILES string of the molecule is NC(Cc1cccc(F)c1Cl)c1ccc(Cl)s1. The predicted molar refractivity (Wildman–Crippen MR) is 71.4 cm³/mol. The maximum atomic E-state index is 13.2. The first-order valence-electron chi connectivity index (χ1n) is 5.01. The Morgan fingerprint density at radius 2 is 2.00 bits per heavy atom. The van der Waals surface area contributed by atoms with Crippen LogP contribution in [0.4, 0.5) is 4.39 Å². The zero-order valence-corrected chi connectivity index (χ0v) is 11.1. The van der Waals surface area contributed by atoms with Crippen molar-refractivity contribution in [1.82, 2.24) is 0 Å². The summed E-state index contributed by atoms with van der Waals surface area (Å²) in [7, 11) is 0. The second kappa shape index (κ2) is 5.36. The molecule has 0 saturated heterocycles. The summed E-state index contributed by atoms with van der Waals surface area (Å²) < 4.78 is 13.9. The lowest BCUT2D eigenvalue weighted by molar-refractivity contribution is 0.623. The molecular weight excluding hydrogens is 280 g/mol. The molecule has 0 bridgehead atoms. The molecule has 5 heteroatoms. The van der Waals surface area contributed by atoms with E-state index in [0.717, 1.165) is 4.88 Å². The van der Waals surface area contributed by atoms with E-state index in [9.17, 15) is 4.39 Å². The molecule has 1 nitrogen and oxygen atoms in total. The van der Waals surface area contributed by atoms with Crippen LogP contribution in [0, 0.1) is 5.82 Å². The van der Waals surface area contributed by atoms with Crippen LogP contribution in [0.15, 0.2) is 30.3 Å². The standard InChI is InChI=1S/C12H10Cl2FNS/c13-11-5-4-10(17-11)9(16)6-7-2-1-3-8(15)12(7)14/h1-5,9H,6,16H2. The normalized spacial score (nSPS) is 12.7. The van der Waals surface area contributed by atoms with Gasteiger partial charge in [-0.1, -0.05) is 35.3 Å². The third kappa shape index (κ3) is 2.99. The van der Waals surface area contributed by atoms with Crippen LogP contribution in [0.1, 0.15) is 16.5 Å². The van der Waals surface area contributed by atoms with Crippen molar-refractivity contribution >= 4 is 34.5 Å². The Kier molecular flexibility index (Phi) is 4.05. The van der Waals surface area contributed by atoms with Gasteiger partial charge < -0.3 is 5.73 Å². The van der Waals surface area contributed by atoms with Crippen molar-refractivity contribution in [2.75, 3.05) is 0 Å². The van der Waals surface area contributed by atoms with Gasteiger partial charge in [-0.25, -0.2) is 4.39 Å². The summed E-state index contributed by atoms with van der Waals surface area (Å²) in [6.45, 7) is 0. The minimum atomic E-state index is -0.416. The number of rotatable bonds is 3. The first kappa shape index (κ1) is 12.8. The third-order valence-electron chi connectivity index (χ3n) is 2.43. The number of benzene rings is 1. The van der Waals surface area contributed by atoms with Gasteiger partial charge in [0.25, 0.3) is 0 Å². The number of hydrogen-bond acceptors (Lipinski definition) is 2. The number of nitrogens with two attached hydrogens (primary N) is 1. The highest BCUT2D eigenvalue weighted by molar-refractivity contribution is 7.16. The Morgan fingerprint density at radius 1 is 1.24 bits per heavy atom. The molecule has 1 unspecified atom stereocenters. The van der Waals surface area contributed by atoms with Gasteiger partial charge in [-0.15, -0.1) is 11.3 Å². The molecule has 0 aliphatic heterocycles. The van der Waals surface area contributed by atoms with Gasteiger partial charge in [0.15, 0.2) is 0 Å². The van der Waals surface area contributed by atoms with E-state index in [0.29, 0.717) is 16.3 Å².